The number of hydrogen-bond acceptors (Lipinski definition) is 9. The van der Waals surface area contributed by atoms with Gasteiger partial charge in [0.2, 0.25) is 12.2 Å². The normalized spacial score (nSPS) is 32.1. The standard InChI is InChI=1S/C23H32N4O7/c1-3-27-9-8-11(10-27)15-14-12-6-4-5-7-13(12)21(24-20(14)26(2)25-15)34-23-18(30)16(28)17(29)19(33-23)22(31)32/h11,16-19,23,28-30H,3-10H2,1-2H3,(H,31,32)/t11?,16-,17-,18+,19-,23-/m0/s1. The van der Waals surface area contributed by atoms with Gasteiger partial charge in [0, 0.05) is 30.5 Å². The molecule has 2 aromatic heterocycles. The van der Waals surface area contributed by atoms with Gasteiger partial charge < -0.3 is 34.8 Å². The Kier molecular flexibility index (Phi) is 6.23. The first kappa shape index (κ1) is 23.4. The first-order valence-electron chi connectivity index (χ1n) is 12.0. The van der Waals surface area contributed by atoms with Crippen LogP contribution in [-0.2, 0) is 29.4 Å². The van der Waals surface area contributed by atoms with Crippen molar-refractivity contribution < 1.29 is 34.7 Å². The fraction of sp³-hybridized carbons (Fsp3) is 0.696. The second-order valence-corrected chi connectivity index (χ2v) is 9.52. The van der Waals surface area contributed by atoms with Crippen molar-refractivity contribution in [2.45, 2.75) is 75.7 Å². The molecule has 3 aliphatic rings. The topological polar surface area (TPSA) is 150 Å². The van der Waals surface area contributed by atoms with E-state index in [0.717, 1.165) is 73.9 Å². The van der Waals surface area contributed by atoms with Gasteiger partial charge in [0.1, 0.15) is 18.3 Å². The number of aliphatic hydroxyl groups is 3. The molecule has 1 unspecified atom stereocenters. The van der Waals surface area contributed by atoms with Gasteiger partial charge in [-0.1, -0.05) is 6.92 Å². The first-order valence-corrected chi connectivity index (χ1v) is 12.0. The quantitative estimate of drug-likeness (QED) is 0.462. The number of likely N-dealkylation sites (N-methyl/N-ethyl adjacent to an activating group) is 1. The Bertz CT molecular complexity index is 1090. The summed E-state index contributed by atoms with van der Waals surface area (Å²) in [5, 5.41) is 45.8. The van der Waals surface area contributed by atoms with Crippen LogP contribution in [0, 0.1) is 0 Å². The molecule has 2 fully saturated rings. The molecule has 2 aromatic rings. The Labute approximate surface area is 196 Å². The molecule has 0 aromatic carbocycles. The molecule has 4 heterocycles. The van der Waals surface area contributed by atoms with Crippen LogP contribution in [0.2, 0.25) is 0 Å². The fourth-order valence-corrected chi connectivity index (χ4v) is 5.52. The van der Waals surface area contributed by atoms with Gasteiger partial charge in [-0.15, -0.1) is 0 Å². The number of aliphatic hydroxyl groups excluding tert-OH is 3. The number of carboxylic acid groups (broad SMARTS) is 1. The molecule has 2 saturated heterocycles. The van der Waals surface area contributed by atoms with Crippen molar-refractivity contribution in [2.24, 2.45) is 7.05 Å². The lowest BCUT2D eigenvalue weighted by molar-refractivity contribution is -0.271. The third-order valence-corrected chi connectivity index (χ3v) is 7.43. The lowest BCUT2D eigenvalue weighted by Gasteiger charge is -2.38. The van der Waals surface area contributed by atoms with Crippen molar-refractivity contribution in [1.29, 1.82) is 0 Å². The van der Waals surface area contributed by atoms with Crippen LogP contribution in [-0.4, -0.2) is 96.4 Å². The Balaban J connectivity index is 1.54. The molecule has 186 valence electrons. The molecule has 0 bridgehead atoms. The highest BCUT2D eigenvalue weighted by molar-refractivity contribution is 5.85. The molecule has 4 N–H and O–H groups in total. The number of ether oxygens (including phenoxy) is 2. The molecule has 0 saturated carbocycles. The van der Waals surface area contributed by atoms with Crippen molar-refractivity contribution in [3.05, 3.63) is 16.8 Å². The summed E-state index contributed by atoms with van der Waals surface area (Å²) < 4.78 is 13.0. The predicted octanol–water partition coefficient (Wildman–Crippen LogP) is -0.0727. The Morgan fingerprint density at radius 1 is 1.15 bits per heavy atom. The average molecular weight is 477 g/mol. The van der Waals surface area contributed by atoms with E-state index < -0.39 is 36.7 Å². The van der Waals surface area contributed by atoms with E-state index in [2.05, 4.69) is 11.8 Å². The lowest BCUT2D eigenvalue weighted by Crippen LogP contribution is -2.61. The number of fused-ring (bicyclic) bond motifs is 3. The first-order chi connectivity index (χ1) is 16.3. The summed E-state index contributed by atoms with van der Waals surface area (Å²) in [6.45, 7) is 5.19. The summed E-state index contributed by atoms with van der Waals surface area (Å²) in [7, 11) is 1.84. The van der Waals surface area contributed by atoms with Gasteiger partial charge in [0.05, 0.1) is 5.69 Å². The number of aliphatic carboxylic acids is 1. The highest BCUT2D eigenvalue weighted by Crippen LogP contribution is 2.40. The maximum Gasteiger partial charge on any atom is 0.335 e. The number of aryl methyl sites for hydroxylation is 2. The molecule has 2 aliphatic heterocycles. The zero-order valence-electron chi connectivity index (χ0n) is 19.4. The third-order valence-electron chi connectivity index (χ3n) is 7.43. The van der Waals surface area contributed by atoms with E-state index in [-0.39, 0.29) is 5.88 Å². The van der Waals surface area contributed by atoms with Gasteiger partial charge in [0.15, 0.2) is 11.8 Å². The van der Waals surface area contributed by atoms with Gasteiger partial charge in [0.25, 0.3) is 0 Å². The zero-order valence-corrected chi connectivity index (χ0v) is 19.4. The van der Waals surface area contributed by atoms with Crippen LogP contribution in [0.15, 0.2) is 0 Å². The number of likely N-dealkylation sites (tertiary alicyclic amines) is 1. The van der Waals surface area contributed by atoms with Crippen LogP contribution < -0.4 is 4.74 Å². The molecule has 1 aliphatic carbocycles. The van der Waals surface area contributed by atoms with Crippen LogP contribution in [0.25, 0.3) is 11.0 Å². The van der Waals surface area contributed by atoms with Crippen LogP contribution in [0.5, 0.6) is 5.88 Å². The highest BCUT2D eigenvalue weighted by Gasteiger charge is 2.48. The minimum Gasteiger partial charge on any atom is -0.479 e. The van der Waals surface area contributed by atoms with Gasteiger partial charge in [-0.05, 0) is 50.8 Å². The van der Waals surface area contributed by atoms with Gasteiger partial charge >= 0.3 is 5.97 Å². The summed E-state index contributed by atoms with van der Waals surface area (Å²) in [4.78, 5) is 18.6. The predicted molar refractivity (Wildman–Crippen MR) is 120 cm³/mol. The van der Waals surface area contributed by atoms with Crippen LogP contribution in [0.3, 0.4) is 0 Å². The maximum atomic E-state index is 11.5. The number of rotatable bonds is 5. The Hall–Kier alpha value is -2.31. The largest absolute Gasteiger partial charge is 0.479 e. The van der Waals surface area contributed by atoms with Crippen molar-refractivity contribution in [3.63, 3.8) is 0 Å². The molecule has 0 amide bonds. The minimum absolute atomic E-state index is 0.245. The SMILES string of the molecule is CCN1CCC(c2nn(C)c3nc(O[C@@H]4O[C@H](C(=O)O)[C@@H](O)[C@H](O)[C@H]4O)c4c(c23)CCCC4)C1. The second kappa shape index (κ2) is 9.04. The molecule has 0 radical (unpaired) electrons. The number of hydrogen-bond donors (Lipinski definition) is 4. The fourth-order valence-electron chi connectivity index (χ4n) is 5.52. The summed E-state index contributed by atoms with van der Waals surface area (Å²) in [5.74, 6) is -0.874. The molecule has 5 rings (SSSR count). The van der Waals surface area contributed by atoms with Gasteiger partial charge in [-0.2, -0.15) is 10.1 Å². The summed E-state index contributed by atoms with van der Waals surface area (Å²) in [5.41, 5.74) is 3.76. The van der Waals surface area contributed by atoms with Crippen LogP contribution in [0.4, 0.5) is 0 Å². The van der Waals surface area contributed by atoms with Gasteiger partial charge in [-0.3, -0.25) is 4.68 Å². The summed E-state index contributed by atoms with van der Waals surface area (Å²) in [6, 6.07) is 0. The lowest BCUT2D eigenvalue weighted by atomic mass is 9.88. The molecule has 6 atom stereocenters. The van der Waals surface area contributed by atoms with E-state index in [1.54, 1.807) is 4.68 Å². The number of aromatic nitrogens is 3. The molecule has 0 spiro atoms. The molecule has 34 heavy (non-hydrogen) atoms. The van der Waals surface area contributed by atoms with E-state index in [1.807, 2.05) is 7.05 Å². The molecule has 11 nitrogen and oxygen atoms in total. The monoisotopic (exact) mass is 476 g/mol. The molecule has 11 heteroatoms. The van der Waals surface area contributed by atoms with E-state index in [9.17, 15) is 25.2 Å². The minimum atomic E-state index is -1.77. The number of pyridine rings is 1. The van der Waals surface area contributed by atoms with E-state index >= 15 is 0 Å². The number of carbonyl (C=O) groups is 1. The summed E-state index contributed by atoms with van der Waals surface area (Å²) in [6.07, 6.45) is -3.75. The van der Waals surface area contributed by atoms with E-state index in [0.29, 0.717) is 11.6 Å². The highest BCUT2D eigenvalue weighted by atomic mass is 16.7. The Morgan fingerprint density at radius 3 is 2.56 bits per heavy atom. The van der Waals surface area contributed by atoms with Crippen LogP contribution in [0.1, 0.15) is 48.9 Å². The van der Waals surface area contributed by atoms with E-state index in [4.69, 9.17) is 19.6 Å². The number of carboxylic acids is 1. The molecular weight excluding hydrogens is 444 g/mol. The van der Waals surface area contributed by atoms with Crippen molar-refractivity contribution in [1.82, 2.24) is 19.7 Å². The average Bonchev–Trinajstić information content (AvgIpc) is 3.44. The van der Waals surface area contributed by atoms with Crippen molar-refractivity contribution >= 4 is 17.0 Å². The third kappa shape index (κ3) is 3.85. The van der Waals surface area contributed by atoms with Gasteiger partial charge in [-0.25, -0.2) is 4.79 Å². The van der Waals surface area contributed by atoms with Crippen molar-refractivity contribution in [3.8, 4) is 5.88 Å². The maximum absolute atomic E-state index is 11.5. The number of nitrogens with zero attached hydrogens (tertiary/aromatic N) is 4. The summed E-state index contributed by atoms with van der Waals surface area (Å²) >= 11 is 0. The van der Waals surface area contributed by atoms with E-state index in [1.165, 1.54) is 0 Å². The van der Waals surface area contributed by atoms with Crippen LogP contribution >= 0.6 is 0 Å². The molecular formula is C23H32N4O7. The smallest absolute Gasteiger partial charge is 0.335 e. The Morgan fingerprint density at radius 2 is 1.88 bits per heavy atom. The van der Waals surface area contributed by atoms with Crippen molar-refractivity contribution in [2.75, 3.05) is 19.6 Å². The second-order valence-electron chi connectivity index (χ2n) is 9.52. The zero-order chi connectivity index (χ0) is 24.1.